The topological polar surface area (TPSA) is 104 Å². The number of carbonyl (C=O) groups excluding carboxylic acids is 2. The molecule has 1 aliphatic heterocycles. The monoisotopic (exact) mass is 413 g/mol. The van der Waals surface area contributed by atoms with Crippen LogP contribution in [0.15, 0.2) is 53.4 Å². The molecule has 28 heavy (non-hydrogen) atoms. The molecule has 3 N–H and O–H groups in total. The lowest BCUT2D eigenvalue weighted by molar-refractivity contribution is -0.139. The standard InChI is InChI=1S/C17H14F3N3O4S/c1-16(14(24)21-15(25)22-16)10-5-4-6-11(9-10)23-28(26,27)13-8-3-2-7-12(13)17(18,19)20/h2-9,23H,1H3,(H2,21,22,24,25). The molecule has 0 aliphatic carbocycles. The van der Waals surface area contributed by atoms with Crippen LogP contribution in [0.25, 0.3) is 0 Å². The summed E-state index contributed by atoms with van der Waals surface area (Å²) in [4.78, 5) is 22.5. The Morgan fingerprint density at radius 3 is 2.32 bits per heavy atom. The van der Waals surface area contributed by atoms with Crippen molar-refractivity contribution in [1.29, 1.82) is 0 Å². The molecule has 2 aromatic carbocycles. The molecule has 0 spiro atoms. The van der Waals surface area contributed by atoms with E-state index in [9.17, 15) is 31.2 Å². The number of sulfonamides is 1. The SMILES string of the molecule is CC1(c2cccc(NS(=O)(=O)c3ccccc3C(F)(F)F)c2)NC(=O)NC1=O. The van der Waals surface area contributed by atoms with Crippen LogP contribution < -0.4 is 15.4 Å². The van der Waals surface area contributed by atoms with Crippen molar-refractivity contribution < 1.29 is 31.2 Å². The summed E-state index contributed by atoms with van der Waals surface area (Å²) >= 11 is 0. The number of benzene rings is 2. The second-order valence-corrected chi connectivity index (χ2v) is 7.86. The Morgan fingerprint density at radius 2 is 1.71 bits per heavy atom. The van der Waals surface area contributed by atoms with E-state index in [0.29, 0.717) is 6.07 Å². The van der Waals surface area contributed by atoms with Gasteiger partial charge in [0.1, 0.15) is 5.54 Å². The summed E-state index contributed by atoms with van der Waals surface area (Å²) in [5.41, 5.74) is -2.56. The number of halogens is 3. The van der Waals surface area contributed by atoms with Gasteiger partial charge < -0.3 is 5.32 Å². The van der Waals surface area contributed by atoms with Gasteiger partial charge in [-0.1, -0.05) is 24.3 Å². The first kappa shape index (κ1) is 19.7. The highest BCUT2D eigenvalue weighted by Crippen LogP contribution is 2.35. The van der Waals surface area contributed by atoms with Gasteiger partial charge in [-0.3, -0.25) is 14.8 Å². The number of amides is 3. The Morgan fingerprint density at radius 1 is 1.04 bits per heavy atom. The molecule has 1 unspecified atom stereocenters. The summed E-state index contributed by atoms with van der Waals surface area (Å²) in [5, 5.41) is 4.49. The van der Waals surface area contributed by atoms with Crippen LogP contribution in [0.1, 0.15) is 18.1 Å². The highest BCUT2D eigenvalue weighted by Gasteiger charge is 2.43. The maximum absolute atomic E-state index is 13.1. The maximum Gasteiger partial charge on any atom is 0.417 e. The Hall–Kier alpha value is -3.08. The summed E-state index contributed by atoms with van der Waals surface area (Å²) in [5.74, 6) is -0.639. The molecule has 11 heteroatoms. The zero-order chi connectivity index (χ0) is 20.7. The van der Waals surface area contributed by atoms with E-state index in [-0.39, 0.29) is 11.3 Å². The van der Waals surface area contributed by atoms with Crippen LogP contribution in [0.3, 0.4) is 0 Å². The average molecular weight is 413 g/mol. The molecule has 1 aliphatic rings. The van der Waals surface area contributed by atoms with Crippen molar-refractivity contribution in [1.82, 2.24) is 10.6 Å². The van der Waals surface area contributed by atoms with Gasteiger partial charge in [0.25, 0.3) is 15.9 Å². The summed E-state index contributed by atoms with van der Waals surface area (Å²) < 4.78 is 66.6. The first-order chi connectivity index (χ1) is 12.9. The number of anilines is 1. The lowest BCUT2D eigenvalue weighted by Crippen LogP contribution is -2.40. The molecule has 1 fully saturated rings. The van der Waals surface area contributed by atoms with Gasteiger partial charge in [-0.2, -0.15) is 13.2 Å². The van der Waals surface area contributed by atoms with Crippen molar-refractivity contribution in [3.63, 3.8) is 0 Å². The van der Waals surface area contributed by atoms with Crippen LogP contribution in [0.5, 0.6) is 0 Å². The second-order valence-electron chi connectivity index (χ2n) is 6.21. The summed E-state index contributed by atoms with van der Waals surface area (Å²) in [7, 11) is -4.57. The minimum Gasteiger partial charge on any atom is -0.320 e. The number of hydrogen-bond acceptors (Lipinski definition) is 4. The molecular weight excluding hydrogens is 399 g/mol. The first-order valence-corrected chi connectivity index (χ1v) is 9.35. The third-order valence-corrected chi connectivity index (χ3v) is 5.66. The van der Waals surface area contributed by atoms with Crippen molar-refractivity contribution in [2.24, 2.45) is 0 Å². The van der Waals surface area contributed by atoms with E-state index < -0.39 is 44.1 Å². The molecule has 1 heterocycles. The Bertz CT molecular complexity index is 1070. The zero-order valence-corrected chi connectivity index (χ0v) is 15.1. The smallest absolute Gasteiger partial charge is 0.320 e. The third kappa shape index (κ3) is 3.52. The van der Waals surface area contributed by atoms with Crippen LogP contribution in [-0.2, 0) is 26.5 Å². The Kier molecular flexibility index (Phi) is 4.58. The van der Waals surface area contributed by atoms with Crippen molar-refractivity contribution >= 4 is 27.6 Å². The normalized spacial score (nSPS) is 19.9. The van der Waals surface area contributed by atoms with E-state index in [4.69, 9.17) is 0 Å². The summed E-state index contributed by atoms with van der Waals surface area (Å²) in [6.07, 6.45) is -4.85. The molecule has 0 aromatic heterocycles. The number of imide groups is 1. The molecule has 0 saturated carbocycles. The van der Waals surface area contributed by atoms with E-state index in [0.717, 1.165) is 12.1 Å². The highest BCUT2D eigenvalue weighted by atomic mass is 32.2. The van der Waals surface area contributed by atoms with Crippen LogP contribution >= 0.6 is 0 Å². The van der Waals surface area contributed by atoms with Gasteiger partial charge >= 0.3 is 12.2 Å². The van der Waals surface area contributed by atoms with E-state index >= 15 is 0 Å². The number of rotatable bonds is 4. The van der Waals surface area contributed by atoms with Gasteiger partial charge in [-0.25, -0.2) is 13.2 Å². The minimum absolute atomic E-state index is 0.0651. The molecule has 1 atom stereocenters. The summed E-state index contributed by atoms with van der Waals surface area (Å²) in [6.45, 7) is 1.42. The molecule has 1 saturated heterocycles. The molecule has 148 valence electrons. The van der Waals surface area contributed by atoms with E-state index in [1.54, 1.807) is 0 Å². The van der Waals surface area contributed by atoms with Gasteiger partial charge in [-0.05, 0) is 36.8 Å². The van der Waals surface area contributed by atoms with Crippen molar-refractivity contribution in [3.8, 4) is 0 Å². The van der Waals surface area contributed by atoms with Crippen molar-refractivity contribution in [2.45, 2.75) is 23.5 Å². The van der Waals surface area contributed by atoms with Gasteiger partial charge in [0.15, 0.2) is 0 Å². The number of hydrogen-bond donors (Lipinski definition) is 3. The molecular formula is C17H14F3N3O4S. The van der Waals surface area contributed by atoms with Crippen molar-refractivity contribution in [2.75, 3.05) is 4.72 Å². The van der Waals surface area contributed by atoms with Gasteiger partial charge in [0, 0.05) is 5.69 Å². The highest BCUT2D eigenvalue weighted by molar-refractivity contribution is 7.92. The molecule has 7 nitrogen and oxygen atoms in total. The predicted molar refractivity (Wildman–Crippen MR) is 92.7 cm³/mol. The molecule has 3 rings (SSSR count). The number of urea groups is 1. The minimum atomic E-state index is -4.85. The van der Waals surface area contributed by atoms with Crippen LogP contribution in [0.2, 0.25) is 0 Å². The first-order valence-electron chi connectivity index (χ1n) is 7.87. The van der Waals surface area contributed by atoms with Crippen LogP contribution in [0.4, 0.5) is 23.7 Å². The largest absolute Gasteiger partial charge is 0.417 e. The van der Waals surface area contributed by atoms with E-state index in [2.05, 4.69) is 15.4 Å². The zero-order valence-electron chi connectivity index (χ0n) is 14.3. The third-order valence-electron chi connectivity index (χ3n) is 4.22. The molecule has 2 aromatic rings. The van der Waals surface area contributed by atoms with Crippen LogP contribution in [0, 0.1) is 0 Å². The quantitative estimate of drug-likeness (QED) is 0.670. The Balaban J connectivity index is 1.98. The van der Waals surface area contributed by atoms with Crippen LogP contribution in [-0.4, -0.2) is 20.4 Å². The fourth-order valence-corrected chi connectivity index (χ4v) is 4.06. The lowest BCUT2D eigenvalue weighted by Gasteiger charge is -2.22. The van der Waals surface area contributed by atoms with Gasteiger partial charge in [-0.15, -0.1) is 0 Å². The molecule has 0 radical (unpaired) electrons. The van der Waals surface area contributed by atoms with E-state index in [1.165, 1.54) is 37.3 Å². The second kappa shape index (κ2) is 6.51. The summed E-state index contributed by atoms with van der Waals surface area (Å²) in [6, 6.07) is 8.54. The maximum atomic E-state index is 13.1. The molecule has 3 amide bonds. The Labute approximate surface area is 158 Å². The number of carbonyl (C=O) groups is 2. The predicted octanol–water partition coefficient (Wildman–Crippen LogP) is 2.56. The average Bonchev–Trinajstić information content (AvgIpc) is 2.87. The fraction of sp³-hybridized carbons (Fsp3) is 0.176. The number of alkyl halides is 3. The lowest BCUT2D eigenvalue weighted by atomic mass is 9.92. The van der Waals surface area contributed by atoms with Gasteiger partial charge in [0.05, 0.1) is 10.5 Å². The van der Waals surface area contributed by atoms with E-state index in [1.807, 2.05) is 0 Å². The van der Waals surface area contributed by atoms with Gasteiger partial charge in [0.2, 0.25) is 0 Å². The fourth-order valence-electron chi connectivity index (χ4n) is 2.79. The number of nitrogens with one attached hydrogen (secondary N) is 3. The van der Waals surface area contributed by atoms with Crippen molar-refractivity contribution in [3.05, 3.63) is 59.7 Å². The molecule has 0 bridgehead atoms.